The molecule has 3 N–H and O–H groups in total. The normalized spacial score (nSPS) is 16.0. The van der Waals surface area contributed by atoms with Crippen LogP contribution in [0.25, 0.3) is 0 Å². The summed E-state index contributed by atoms with van der Waals surface area (Å²) in [5, 5.41) is 3.11. The van der Waals surface area contributed by atoms with Gasteiger partial charge in [0.1, 0.15) is 11.5 Å². The molecular formula is C17H27ClN2O3. The standard InChI is InChI=1S/C17H26N2O3.ClH/c1-17(11-18,13-5-6-13)19-16(20)9-4-12-10-14(21-2)7-8-15(12)22-3;/h7-8,10,13H,4-6,9,11,18H2,1-3H3,(H,19,20);1H. The summed E-state index contributed by atoms with van der Waals surface area (Å²) in [6.07, 6.45) is 3.32. The zero-order chi connectivity index (χ0) is 16.2. The number of rotatable bonds is 8. The van der Waals surface area contributed by atoms with E-state index in [1.54, 1.807) is 14.2 Å². The van der Waals surface area contributed by atoms with E-state index in [4.69, 9.17) is 15.2 Å². The van der Waals surface area contributed by atoms with Crippen molar-refractivity contribution in [2.45, 2.75) is 38.1 Å². The quantitative estimate of drug-likeness (QED) is 0.760. The van der Waals surface area contributed by atoms with Crippen LogP contribution < -0.4 is 20.5 Å². The van der Waals surface area contributed by atoms with Crippen LogP contribution in [0.3, 0.4) is 0 Å². The molecule has 2 rings (SSSR count). The monoisotopic (exact) mass is 342 g/mol. The molecule has 0 spiro atoms. The average molecular weight is 343 g/mol. The minimum absolute atomic E-state index is 0. The Morgan fingerprint density at radius 3 is 2.57 bits per heavy atom. The first-order valence-electron chi connectivity index (χ1n) is 7.74. The number of benzene rings is 1. The maximum atomic E-state index is 12.2. The van der Waals surface area contributed by atoms with Gasteiger partial charge in [0.05, 0.1) is 19.8 Å². The maximum absolute atomic E-state index is 12.2. The van der Waals surface area contributed by atoms with Crippen molar-refractivity contribution in [1.82, 2.24) is 5.32 Å². The predicted octanol–water partition coefficient (Wildman–Crippen LogP) is 2.30. The van der Waals surface area contributed by atoms with E-state index in [9.17, 15) is 4.79 Å². The number of carbonyl (C=O) groups excluding carboxylic acids is 1. The zero-order valence-corrected chi connectivity index (χ0v) is 14.9. The lowest BCUT2D eigenvalue weighted by atomic mass is 9.95. The van der Waals surface area contributed by atoms with Crippen LogP contribution in [0.5, 0.6) is 11.5 Å². The summed E-state index contributed by atoms with van der Waals surface area (Å²) in [6.45, 7) is 2.51. The van der Waals surface area contributed by atoms with Crippen molar-refractivity contribution in [3.63, 3.8) is 0 Å². The van der Waals surface area contributed by atoms with Gasteiger partial charge in [-0.2, -0.15) is 0 Å². The van der Waals surface area contributed by atoms with Crippen molar-refractivity contribution in [3.8, 4) is 11.5 Å². The van der Waals surface area contributed by atoms with Crippen LogP contribution in [-0.2, 0) is 11.2 Å². The molecule has 130 valence electrons. The van der Waals surface area contributed by atoms with Crippen molar-refractivity contribution in [2.24, 2.45) is 11.7 Å². The van der Waals surface area contributed by atoms with Gasteiger partial charge in [-0.3, -0.25) is 4.79 Å². The number of methoxy groups -OCH3 is 2. The molecule has 6 heteroatoms. The van der Waals surface area contributed by atoms with E-state index < -0.39 is 0 Å². The van der Waals surface area contributed by atoms with Gasteiger partial charge in [0.25, 0.3) is 0 Å². The fraction of sp³-hybridized carbons (Fsp3) is 0.588. The van der Waals surface area contributed by atoms with Crippen molar-refractivity contribution in [3.05, 3.63) is 23.8 Å². The van der Waals surface area contributed by atoms with Crippen LogP contribution in [0.1, 0.15) is 31.7 Å². The number of nitrogens with two attached hydrogens (primary N) is 1. The first-order valence-corrected chi connectivity index (χ1v) is 7.74. The highest BCUT2D eigenvalue weighted by Gasteiger charge is 2.41. The van der Waals surface area contributed by atoms with Crippen LogP contribution >= 0.6 is 12.4 Å². The third kappa shape index (κ3) is 5.01. The van der Waals surface area contributed by atoms with Gasteiger partial charge < -0.3 is 20.5 Å². The van der Waals surface area contributed by atoms with Gasteiger partial charge in [0, 0.05) is 13.0 Å². The Labute approximate surface area is 144 Å². The zero-order valence-electron chi connectivity index (χ0n) is 14.1. The summed E-state index contributed by atoms with van der Waals surface area (Å²) >= 11 is 0. The van der Waals surface area contributed by atoms with Crippen LogP contribution in [-0.4, -0.2) is 32.2 Å². The Balaban J connectivity index is 0.00000264. The van der Waals surface area contributed by atoms with Gasteiger partial charge in [0.2, 0.25) is 5.91 Å². The van der Waals surface area contributed by atoms with E-state index in [0.717, 1.165) is 29.9 Å². The van der Waals surface area contributed by atoms with E-state index >= 15 is 0 Å². The Morgan fingerprint density at radius 1 is 1.35 bits per heavy atom. The third-order valence-electron chi connectivity index (χ3n) is 4.44. The molecule has 0 bridgehead atoms. The summed E-state index contributed by atoms with van der Waals surface area (Å²) in [4.78, 5) is 12.2. The highest BCUT2D eigenvalue weighted by atomic mass is 35.5. The molecule has 0 aliphatic heterocycles. The number of aryl methyl sites for hydroxylation is 1. The second kappa shape index (κ2) is 8.41. The van der Waals surface area contributed by atoms with Gasteiger partial charge in [-0.15, -0.1) is 12.4 Å². The van der Waals surface area contributed by atoms with Crippen LogP contribution in [0, 0.1) is 5.92 Å². The van der Waals surface area contributed by atoms with Crippen molar-refractivity contribution in [1.29, 1.82) is 0 Å². The van der Waals surface area contributed by atoms with E-state index in [-0.39, 0.29) is 23.9 Å². The Morgan fingerprint density at radius 2 is 2.04 bits per heavy atom. The number of halogens is 1. The highest BCUT2D eigenvalue weighted by Crippen LogP contribution is 2.39. The minimum atomic E-state index is -0.268. The molecule has 0 heterocycles. The minimum Gasteiger partial charge on any atom is -0.497 e. The molecule has 1 aromatic carbocycles. The molecule has 0 radical (unpaired) electrons. The molecule has 1 saturated carbocycles. The van der Waals surface area contributed by atoms with E-state index in [2.05, 4.69) is 5.32 Å². The molecule has 1 atom stereocenters. The lowest BCUT2D eigenvalue weighted by Gasteiger charge is -2.29. The third-order valence-corrected chi connectivity index (χ3v) is 4.44. The number of carbonyl (C=O) groups is 1. The van der Waals surface area contributed by atoms with Gasteiger partial charge in [-0.05, 0) is 55.9 Å². The lowest BCUT2D eigenvalue weighted by Crippen LogP contribution is -2.53. The lowest BCUT2D eigenvalue weighted by molar-refractivity contribution is -0.123. The number of hydrogen-bond donors (Lipinski definition) is 2. The largest absolute Gasteiger partial charge is 0.497 e. The number of ether oxygens (including phenoxy) is 2. The Hall–Kier alpha value is -1.46. The number of hydrogen-bond acceptors (Lipinski definition) is 4. The van der Waals surface area contributed by atoms with Gasteiger partial charge in [-0.25, -0.2) is 0 Å². The smallest absolute Gasteiger partial charge is 0.220 e. The second-order valence-electron chi connectivity index (χ2n) is 6.12. The van der Waals surface area contributed by atoms with Crippen molar-refractivity contribution < 1.29 is 14.3 Å². The second-order valence-corrected chi connectivity index (χ2v) is 6.12. The Bertz CT molecular complexity index is 535. The molecule has 5 nitrogen and oxygen atoms in total. The first kappa shape index (κ1) is 19.6. The summed E-state index contributed by atoms with van der Waals surface area (Å²) in [5.41, 5.74) is 6.54. The predicted molar refractivity (Wildman–Crippen MR) is 93.4 cm³/mol. The summed E-state index contributed by atoms with van der Waals surface area (Å²) < 4.78 is 10.6. The fourth-order valence-electron chi connectivity index (χ4n) is 2.75. The van der Waals surface area contributed by atoms with Gasteiger partial charge in [-0.1, -0.05) is 0 Å². The molecule has 1 unspecified atom stereocenters. The highest BCUT2D eigenvalue weighted by molar-refractivity contribution is 5.85. The molecule has 1 amide bonds. The van der Waals surface area contributed by atoms with E-state index in [0.29, 0.717) is 25.3 Å². The van der Waals surface area contributed by atoms with Crippen molar-refractivity contribution in [2.75, 3.05) is 20.8 Å². The average Bonchev–Trinajstić information content (AvgIpc) is 3.37. The molecule has 23 heavy (non-hydrogen) atoms. The van der Waals surface area contributed by atoms with Crippen LogP contribution in [0.2, 0.25) is 0 Å². The molecule has 1 aliphatic rings. The number of amides is 1. The van der Waals surface area contributed by atoms with Gasteiger partial charge >= 0.3 is 0 Å². The van der Waals surface area contributed by atoms with Crippen molar-refractivity contribution >= 4 is 18.3 Å². The van der Waals surface area contributed by atoms with E-state index in [1.165, 1.54) is 0 Å². The topological polar surface area (TPSA) is 73.6 Å². The molecule has 1 aliphatic carbocycles. The summed E-state index contributed by atoms with van der Waals surface area (Å²) in [7, 11) is 3.25. The first-order chi connectivity index (χ1) is 10.5. The summed E-state index contributed by atoms with van der Waals surface area (Å²) in [6, 6.07) is 5.62. The van der Waals surface area contributed by atoms with Crippen LogP contribution in [0.4, 0.5) is 0 Å². The van der Waals surface area contributed by atoms with Gasteiger partial charge in [0.15, 0.2) is 0 Å². The Kier molecular flexibility index (Phi) is 7.16. The molecule has 0 aromatic heterocycles. The van der Waals surface area contributed by atoms with E-state index in [1.807, 2.05) is 25.1 Å². The molecule has 0 saturated heterocycles. The molecular weight excluding hydrogens is 316 g/mol. The van der Waals surface area contributed by atoms with Crippen LogP contribution in [0.15, 0.2) is 18.2 Å². The summed E-state index contributed by atoms with van der Waals surface area (Å²) in [5.74, 6) is 2.09. The molecule has 1 fully saturated rings. The molecule has 1 aromatic rings. The maximum Gasteiger partial charge on any atom is 0.220 e. The fourth-order valence-corrected chi connectivity index (χ4v) is 2.75. The number of nitrogens with one attached hydrogen (secondary N) is 1. The SMILES string of the molecule is COc1ccc(OC)c(CCC(=O)NC(C)(CN)C2CC2)c1.Cl.